The second-order valence-electron chi connectivity index (χ2n) is 6.93. The van der Waals surface area contributed by atoms with Crippen LogP contribution in [0, 0.1) is 0 Å². The number of benzene rings is 3. The Morgan fingerprint density at radius 2 is 1.73 bits per heavy atom. The zero-order valence-corrected chi connectivity index (χ0v) is 15.2. The molecule has 1 aliphatic rings. The van der Waals surface area contributed by atoms with Crippen molar-refractivity contribution in [2.24, 2.45) is 0 Å². The molecule has 4 rings (SSSR count). The third kappa shape index (κ3) is 2.72. The largest absolute Gasteiger partial charge is 0.398 e. The van der Waals surface area contributed by atoms with Crippen molar-refractivity contribution < 1.29 is 0 Å². The van der Waals surface area contributed by atoms with E-state index in [9.17, 15) is 0 Å². The number of nitrogen functional groups attached to an aromatic ring is 1. The molecule has 0 saturated carbocycles. The van der Waals surface area contributed by atoms with Crippen molar-refractivity contribution in [3.8, 4) is 11.1 Å². The Hall–Kier alpha value is -3.20. The number of anilines is 2. The Balaban J connectivity index is 1.81. The maximum atomic E-state index is 6.10. The van der Waals surface area contributed by atoms with Gasteiger partial charge in [0.1, 0.15) is 0 Å². The zero-order chi connectivity index (χ0) is 18.3. The van der Waals surface area contributed by atoms with Gasteiger partial charge in [-0.1, -0.05) is 43.0 Å². The summed E-state index contributed by atoms with van der Waals surface area (Å²) in [5.41, 5.74) is 14.1. The number of nitrogens with one attached hydrogen (secondary N) is 1. The molecule has 3 nitrogen and oxygen atoms in total. The maximum absolute atomic E-state index is 6.10. The first kappa shape index (κ1) is 16.3. The van der Waals surface area contributed by atoms with Crippen molar-refractivity contribution in [3.63, 3.8) is 0 Å². The molecule has 0 spiro atoms. The third-order valence-electron chi connectivity index (χ3n) is 4.94. The van der Waals surface area contributed by atoms with Crippen LogP contribution in [-0.2, 0) is 6.54 Å². The fraction of sp³-hybridized carbons (Fsp3) is 0.130. The van der Waals surface area contributed by atoms with Crippen LogP contribution in [0.4, 0.5) is 11.4 Å². The second kappa shape index (κ2) is 6.26. The molecule has 0 radical (unpaired) electrons. The van der Waals surface area contributed by atoms with Crippen molar-refractivity contribution in [2.45, 2.75) is 6.54 Å². The van der Waals surface area contributed by atoms with Crippen molar-refractivity contribution >= 4 is 23.7 Å². The summed E-state index contributed by atoms with van der Waals surface area (Å²) < 4.78 is 0. The fourth-order valence-corrected chi connectivity index (χ4v) is 3.50. The lowest BCUT2D eigenvalue weighted by atomic mass is 10.0. The number of rotatable bonds is 4. The number of nitrogens with two attached hydrogens (primary N) is 1. The molecule has 0 fully saturated rings. The van der Waals surface area contributed by atoms with E-state index in [1.807, 2.05) is 18.2 Å². The van der Waals surface area contributed by atoms with Gasteiger partial charge in [-0.2, -0.15) is 0 Å². The molecule has 0 bridgehead atoms. The number of para-hydroxylation sites is 1. The topological polar surface area (TPSA) is 41.3 Å². The van der Waals surface area contributed by atoms with Crippen LogP contribution in [0.3, 0.4) is 0 Å². The van der Waals surface area contributed by atoms with Gasteiger partial charge < -0.3 is 16.0 Å². The molecule has 3 aromatic carbocycles. The van der Waals surface area contributed by atoms with Crippen molar-refractivity contribution in [2.75, 3.05) is 24.7 Å². The van der Waals surface area contributed by atoms with E-state index in [-0.39, 0.29) is 0 Å². The summed E-state index contributed by atoms with van der Waals surface area (Å²) in [5.74, 6) is 0. The highest BCUT2D eigenvalue weighted by atomic mass is 15.1. The summed E-state index contributed by atoms with van der Waals surface area (Å²) in [7, 11) is 4.13. The van der Waals surface area contributed by atoms with Crippen LogP contribution in [0.1, 0.15) is 11.1 Å². The first-order valence-electron chi connectivity index (χ1n) is 8.77. The van der Waals surface area contributed by atoms with E-state index in [0.717, 1.165) is 22.2 Å². The van der Waals surface area contributed by atoms with E-state index in [0.29, 0.717) is 6.54 Å². The molecule has 0 aromatic heterocycles. The van der Waals surface area contributed by atoms with Crippen LogP contribution in [0.2, 0.25) is 0 Å². The highest BCUT2D eigenvalue weighted by molar-refractivity contribution is 5.90. The minimum atomic E-state index is 0.697. The molecule has 0 atom stereocenters. The van der Waals surface area contributed by atoms with E-state index in [4.69, 9.17) is 5.73 Å². The standard InChI is InChI=1S/C23H23N3/c1-15-8-10-18-20(12-15)21-13-17(26(2)3)9-11-19(21)23(18)25-14-16-6-4-5-7-22(16)24/h4-13,25H,1,14,24H2,2-3H3. The summed E-state index contributed by atoms with van der Waals surface area (Å²) >= 11 is 0. The molecule has 0 saturated heterocycles. The predicted molar refractivity (Wildman–Crippen MR) is 111 cm³/mol. The summed E-state index contributed by atoms with van der Waals surface area (Å²) in [6, 6.07) is 21.0. The Labute approximate surface area is 154 Å². The Kier molecular flexibility index (Phi) is 3.92. The van der Waals surface area contributed by atoms with Crippen LogP contribution in [0.25, 0.3) is 23.4 Å². The minimum absolute atomic E-state index is 0.697. The van der Waals surface area contributed by atoms with Gasteiger partial charge in [0.15, 0.2) is 0 Å². The zero-order valence-electron chi connectivity index (χ0n) is 15.2. The van der Waals surface area contributed by atoms with E-state index in [2.05, 4.69) is 73.4 Å². The van der Waals surface area contributed by atoms with Crippen molar-refractivity contribution in [3.05, 3.63) is 82.2 Å². The van der Waals surface area contributed by atoms with Gasteiger partial charge in [0.05, 0.1) is 5.70 Å². The Bertz CT molecular complexity index is 1100. The lowest BCUT2D eigenvalue weighted by molar-refractivity contribution is 0.890. The summed E-state index contributed by atoms with van der Waals surface area (Å²) in [6.45, 7) is 4.80. The molecule has 0 unspecified atom stereocenters. The minimum Gasteiger partial charge on any atom is -0.398 e. The number of fused-ring (bicyclic) bond motifs is 3. The second-order valence-corrected chi connectivity index (χ2v) is 6.93. The van der Waals surface area contributed by atoms with E-state index in [1.54, 1.807) is 0 Å². The average molecular weight is 341 g/mol. The highest BCUT2D eigenvalue weighted by Gasteiger charge is 2.20. The summed E-state index contributed by atoms with van der Waals surface area (Å²) in [6.07, 6.45) is 0. The Morgan fingerprint density at radius 3 is 2.50 bits per heavy atom. The average Bonchev–Trinajstić information content (AvgIpc) is 2.93. The molecule has 1 aliphatic carbocycles. The van der Waals surface area contributed by atoms with Crippen LogP contribution < -0.4 is 26.4 Å². The van der Waals surface area contributed by atoms with Gasteiger partial charge in [-0.15, -0.1) is 0 Å². The van der Waals surface area contributed by atoms with Gasteiger partial charge in [-0.3, -0.25) is 0 Å². The number of nitrogens with zero attached hydrogens (tertiary/aromatic N) is 1. The first-order valence-corrected chi connectivity index (χ1v) is 8.77. The molecular weight excluding hydrogens is 318 g/mol. The van der Waals surface area contributed by atoms with E-state index < -0.39 is 0 Å². The van der Waals surface area contributed by atoms with Crippen LogP contribution in [0.15, 0.2) is 60.7 Å². The van der Waals surface area contributed by atoms with Crippen LogP contribution in [0.5, 0.6) is 0 Å². The molecular formula is C23H23N3. The number of hydrogen-bond acceptors (Lipinski definition) is 3. The SMILES string of the molecule is C=c1ccc2c(c1)-c1cc(N(C)C)ccc1C=2NCc1ccccc1N. The Morgan fingerprint density at radius 1 is 0.923 bits per heavy atom. The molecule has 0 aliphatic heterocycles. The first-order chi connectivity index (χ1) is 12.5. The molecule has 3 N–H and O–H groups in total. The van der Waals surface area contributed by atoms with Gasteiger partial charge in [0.2, 0.25) is 0 Å². The normalized spacial score (nSPS) is 11.8. The molecule has 130 valence electrons. The van der Waals surface area contributed by atoms with Crippen LogP contribution in [-0.4, -0.2) is 14.1 Å². The summed E-state index contributed by atoms with van der Waals surface area (Å²) in [4.78, 5) is 2.13. The molecule has 0 amide bonds. The third-order valence-corrected chi connectivity index (χ3v) is 4.94. The summed E-state index contributed by atoms with van der Waals surface area (Å²) in [5, 5.41) is 5.87. The number of hydrogen-bond donors (Lipinski definition) is 2. The lowest BCUT2D eigenvalue weighted by Crippen LogP contribution is -2.20. The smallest absolute Gasteiger partial charge is 0.0502 e. The highest BCUT2D eigenvalue weighted by Crippen LogP contribution is 2.33. The van der Waals surface area contributed by atoms with Crippen molar-refractivity contribution in [1.82, 2.24) is 5.32 Å². The van der Waals surface area contributed by atoms with E-state index >= 15 is 0 Å². The quantitative estimate of drug-likeness (QED) is 0.717. The molecule has 26 heavy (non-hydrogen) atoms. The van der Waals surface area contributed by atoms with E-state index in [1.165, 1.54) is 27.6 Å². The fourth-order valence-electron chi connectivity index (χ4n) is 3.50. The van der Waals surface area contributed by atoms with Crippen molar-refractivity contribution in [1.29, 1.82) is 0 Å². The van der Waals surface area contributed by atoms with Gasteiger partial charge in [0.25, 0.3) is 0 Å². The molecule has 0 heterocycles. The molecule has 3 heteroatoms. The van der Waals surface area contributed by atoms with Gasteiger partial charge in [0, 0.05) is 42.8 Å². The van der Waals surface area contributed by atoms with Gasteiger partial charge >= 0.3 is 0 Å². The van der Waals surface area contributed by atoms with Crippen LogP contribution >= 0.6 is 0 Å². The van der Waals surface area contributed by atoms with Gasteiger partial charge in [-0.05, 0) is 46.2 Å². The predicted octanol–water partition coefficient (Wildman–Crippen LogP) is 2.67. The maximum Gasteiger partial charge on any atom is 0.0502 e. The lowest BCUT2D eigenvalue weighted by Gasteiger charge is -2.16. The monoisotopic (exact) mass is 341 g/mol. The molecule has 3 aromatic rings. The van der Waals surface area contributed by atoms with Gasteiger partial charge in [-0.25, -0.2) is 0 Å².